The number of amides is 2. The summed E-state index contributed by atoms with van der Waals surface area (Å²) in [6.45, 7) is 2.16. The van der Waals surface area contributed by atoms with Crippen LogP contribution < -0.4 is 16.4 Å². The van der Waals surface area contributed by atoms with Gasteiger partial charge in [0.1, 0.15) is 5.69 Å². The maximum absolute atomic E-state index is 12.7. The molecule has 118 valence electrons. The molecule has 6 nitrogen and oxygen atoms in total. The van der Waals surface area contributed by atoms with Gasteiger partial charge in [-0.15, -0.1) is 0 Å². The lowest BCUT2D eigenvalue weighted by Crippen LogP contribution is -2.47. The zero-order chi connectivity index (χ0) is 15.6. The van der Waals surface area contributed by atoms with E-state index in [1.54, 1.807) is 18.3 Å². The van der Waals surface area contributed by atoms with E-state index in [1.807, 2.05) is 0 Å². The highest BCUT2D eigenvalue weighted by molar-refractivity contribution is 5.90. The van der Waals surface area contributed by atoms with Gasteiger partial charge < -0.3 is 16.4 Å². The van der Waals surface area contributed by atoms with E-state index in [0.717, 1.165) is 37.9 Å². The Morgan fingerprint density at radius 2 is 2.27 bits per heavy atom. The smallest absolute Gasteiger partial charge is 0.267 e. The van der Waals surface area contributed by atoms with Gasteiger partial charge >= 0.3 is 0 Å². The number of fused-ring (bicyclic) bond motifs is 1. The van der Waals surface area contributed by atoms with E-state index in [2.05, 4.69) is 15.6 Å². The number of rotatable bonds is 4. The molecule has 0 spiro atoms. The Hall–Kier alpha value is -1.95. The Morgan fingerprint density at radius 1 is 1.41 bits per heavy atom. The summed E-state index contributed by atoms with van der Waals surface area (Å²) >= 11 is 0. The first-order chi connectivity index (χ1) is 10.6. The van der Waals surface area contributed by atoms with Crippen LogP contribution in [0.4, 0.5) is 0 Å². The van der Waals surface area contributed by atoms with Crippen LogP contribution in [0.2, 0.25) is 0 Å². The van der Waals surface area contributed by atoms with E-state index in [-0.39, 0.29) is 17.0 Å². The SMILES string of the molecule is NC(=O)c1ccc(CNC(=O)[C@@]23CCCC[C@H]2CNC3)cn1. The highest BCUT2D eigenvalue weighted by Gasteiger charge is 2.49. The van der Waals surface area contributed by atoms with Crippen molar-refractivity contribution in [3.05, 3.63) is 29.6 Å². The normalized spacial score (nSPS) is 27.2. The van der Waals surface area contributed by atoms with Crippen molar-refractivity contribution in [2.24, 2.45) is 17.1 Å². The largest absolute Gasteiger partial charge is 0.364 e. The molecule has 3 rings (SSSR count). The average Bonchev–Trinajstić information content (AvgIpc) is 2.98. The van der Waals surface area contributed by atoms with Crippen molar-refractivity contribution in [1.29, 1.82) is 0 Å². The van der Waals surface area contributed by atoms with E-state index in [0.29, 0.717) is 12.5 Å². The molecule has 1 aliphatic carbocycles. The molecule has 2 aliphatic rings. The molecule has 1 aromatic rings. The Bertz CT molecular complexity index is 572. The third-order valence-corrected chi connectivity index (χ3v) is 5.02. The second kappa shape index (κ2) is 6.04. The molecule has 1 aromatic heterocycles. The molecule has 6 heteroatoms. The third kappa shape index (κ3) is 2.70. The minimum atomic E-state index is -0.545. The number of nitrogens with one attached hydrogen (secondary N) is 2. The molecule has 0 bridgehead atoms. The van der Waals surface area contributed by atoms with E-state index in [9.17, 15) is 9.59 Å². The molecule has 2 fully saturated rings. The van der Waals surface area contributed by atoms with E-state index >= 15 is 0 Å². The highest BCUT2D eigenvalue weighted by atomic mass is 16.2. The predicted octanol–water partition coefficient (Wildman–Crippen LogP) is 0.576. The molecule has 22 heavy (non-hydrogen) atoms. The summed E-state index contributed by atoms with van der Waals surface area (Å²) in [7, 11) is 0. The van der Waals surface area contributed by atoms with Crippen LogP contribution in [0.25, 0.3) is 0 Å². The lowest BCUT2D eigenvalue weighted by atomic mass is 9.67. The Morgan fingerprint density at radius 3 is 3.00 bits per heavy atom. The van der Waals surface area contributed by atoms with Crippen molar-refractivity contribution in [3.63, 3.8) is 0 Å². The number of aromatic nitrogens is 1. The molecule has 0 unspecified atom stereocenters. The summed E-state index contributed by atoms with van der Waals surface area (Å²) in [5.74, 6) is 0.0503. The summed E-state index contributed by atoms with van der Waals surface area (Å²) in [6, 6.07) is 3.36. The monoisotopic (exact) mass is 302 g/mol. The minimum absolute atomic E-state index is 0.140. The fourth-order valence-electron chi connectivity index (χ4n) is 3.72. The lowest BCUT2D eigenvalue weighted by molar-refractivity contribution is -0.134. The van der Waals surface area contributed by atoms with Crippen LogP contribution in [0.3, 0.4) is 0 Å². The zero-order valence-electron chi connectivity index (χ0n) is 12.6. The average molecular weight is 302 g/mol. The second-order valence-corrected chi connectivity index (χ2v) is 6.33. The van der Waals surface area contributed by atoms with E-state index < -0.39 is 5.91 Å². The standard InChI is InChI=1S/C16H22N4O2/c17-14(21)13-5-4-11(7-19-13)8-20-15(22)16-6-2-1-3-12(16)9-18-10-16/h4-5,7,12,18H,1-3,6,8-10H2,(H2,17,21)(H,20,22)/t12-,16+/m0/s1. The molecule has 1 saturated carbocycles. The highest BCUT2D eigenvalue weighted by Crippen LogP contribution is 2.43. The van der Waals surface area contributed by atoms with Gasteiger partial charge in [-0.3, -0.25) is 14.6 Å². The summed E-state index contributed by atoms with van der Waals surface area (Å²) in [5.41, 5.74) is 6.03. The van der Waals surface area contributed by atoms with Crippen molar-refractivity contribution in [2.45, 2.75) is 32.2 Å². The molecular weight excluding hydrogens is 280 g/mol. The van der Waals surface area contributed by atoms with Crippen molar-refractivity contribution in [1.82, 2.24) is 15.6 Å². The number of hydrogen-bond acceptors (Lipinski definition) is 4. The van der Waals surface area contributed by atoms with Crippen LogP contribution in [0.1, 0.15) is 41.7 Å². The van der Waals surface area contributed by atoms with Gasteiger partial charge in [0.25, 0.3) is 5.91 Å². The predicted molar refractivity (Wildman–Crippen MR) is 81.9 cm³/mol. The van der Waals surface area contributed by atoms with Gasteiger partial charge in [0.2, 0.25) is 5.91 Å². The fourth-order valence-corrected chi connectivity index (χ4v) is 3.72. The number of primary amides is 1. The van der Waals surface area contributed by atoms with Gasteiger partial charge in [0, 0.05) is 19.3 Å². The first-order valence-corrected chi connectivity index (χ1v) is 7.85. The summed E-state index contributed by atoms with van der Waals surface area (Å²) in [4.78, 5) is 27.7. The van der Waals surface area contributed by atoms with Gasteiger partial charge in [-0.2, -0.15) is 0 Å². The van der Waals surface area contributed by atoms with Gasteiger partial charge in [0.15, 0.2) is 0 Å². The first-order valence-electron chi connectivity index (χ1n) is 7.85. The summed E-state index contributed by atoms with van der Waals surface area (Å²) < 4.78 is 0. The number of carbonyl (C=O) groups is 2. The lowest BCUT2D eigenvalue weighted by Gasteiger charge is -2.37. The molecule has 0 radical (unpaired) electrons. The molecule has 1 saturated heterocycles. The topological polar surface area (TPSA) is 97.1 Å². The number of carbonyl (C=O) groups excluding carboxylic acids is 2. The number of nitrogens with zero attached hydrogens (tertiary/aromatic N) is 1. The zero-order valence-corrected chi connectivity index (χ0v) is 12.6. The van der Waals surface area contributed by atoms with Gasteiger partial charge in [-0.05, 0) is 36.9 Å². The van der Waals surface area contributed by atoms with E-state index in [4.69, 9.17) is 5.73 Å². The van der Waals surface area contributed by atoms with E-state index in [1.165, 1.54) is 6.42 Å². The number of nitrogens with two attached hydrogens (primary N) is 1. The Labute approximate surface area is 129 Å². The van der Waals surface area contributed by atoms with Crippen LogP contribution >= 0.6 is 0 Å². The Balaban J connectivity index is 1.63. The van der Waals surface area contributed by atoms with Crippen LogP contribution in [-0.2, 0) is 11.3 Å². The molecule has 2 atom stereocenters. The third-order valence-electron chi connectivity index (χ3n) is 5.02. The van der Waals surface area contributed by atoms with Crippen molar-refractivity contribution in [3.8, 4) is 0 Å². The van der Waals surface area contributed by atoms with Crippen LogP contribution in [0.15, 0.2) is 18.3 Å². The fraction of sp³-hybridized carbons (Fsp3) is 0.562. The van der Waals surface area contributed by atoms with Crippen LogP contribution in [-0.4, -0.2) is 29.9 Å². The molecular formula is C16H22N4O2. The number of pyridine rings is 1. The first kappa shape index (κ1) is 15.0. The van der Waals surface area contributed by atoms with Gasteiger partial charge in [-0.25, -0.2) is 0 Å². The van der Waals surface area contributed by atoms with Crippen molar-refractivity contribution in [2.75, 3.05) is 13.1 Å². The maximum Gasteiger partial charge on any atom is 0.267 e. The van der Waals surface area contributed by atoms with Crippen molar-refractivity contribution >= 4 is 11.8 Å². The minimum Gasteiger partial charge on any atom is -0.364 e. The Kier molecular flexibility index (Phi) is 4.11. The molecule has 1 aliphatic heterocycles. The molecule has 0 aromatic carbocycles. The second-order valence-electron chi connectivity index (χ2n) is 6.33. The summed E-state index contributed by atoms with van der Waals surface area (Å²) in [6.07, 6.45) is 6.04. The quantitative estimate of drug-likeness (QED) is 0.757. The molecule has 2 heterocycles. The van der Waals surface area contributed by atoms with Gasteiger partial charge in [-0.1, -0.05) is 18.9 Å². The van der Waals surface area contributed by atoms with Crippen LogP contribution in [0.5, 0.6) is 0 Å². The number of hydrogen-bond donors (Lipinski definition) is 3. The maximum atomic E-state index is 12.7. The summed E-state index contributed by atoms with van der Waals surface area (Å²) in [5, 5.41) is 6.42. The van der Waals surface area contributed by atoms with Crippen molar-refractivity contribution < 1.29 is 9.59 Å². The van der Waals surface area contributed by atoms with Crippen LogP contribution in [0, 0.1) is 11.3 Å². The van der Waals surface area contributed by atoms with Gasteiger partial charge in [0.05, 0.1) is 5.41 Å². The molecule has 4 N–H and O–H groups in total. The molecule has 2 amide bonds.